The Morgan fingerprint density at radius 1 is 0.711 bits per heavy atom. The zero-order valence-electron chi connectivity index (χ0n) is 24.0. The Balaban J connectivity index is 4.00. The van der Waals surface area contributed by atoms with Crippen LogP contribution < -0.4 is 5.32 Å². The van der Waals surface area contributed by atoms with Gasteiger partial charge in [0.1, 0.15) is 12.6 Å². The number of allylic oxidation sites excluding steroid dienone is 8. The summed E-state index contributed by atoms with van der Waals surface area (Å²) >= 11 is 0. The van der Waals surface area contributed by atoms with Crippen LogP contribution in [0.2, 0.25) is 0 Å². The molecule has 0 fully saturated rings. The fourth-order valence-corrected chi connectivity index (χ4v) is 3.86. The molecule has 0 heterocycles. The van der Waals surface area contributed by atoms with Crippen molar-refractivity contribution in [1.29, 1.82) is 0 Å². The maximum atomic E-state index is 12.4. The van der Waals surface area contributed by atoms with Gasteiger partial charge in [-0.3, -0.25) is 14.4 Å². The van der Waals surface area contributed by atoms with Gasteiger partial charge in [0, 0.05) is 12.8 Å². The van der Waals surface area contributed by atoms with Crippen molar-refractivity contribution in [1.82, 2.24) is 5.32 Å². The van der Waals surface area contributed by atoms with Crippen molar-refractivity contribution in [3.05, 3.63) is 48.6 Å². The van der Waals surface area contributed by atoms with E-state index >= 15 is 0 Å². The number of amides is 1. The molecule has 0 aliphatic carbocycles. The summed E-state index contributed by atoms with van der Waals surface area (Å²) in [6.07, 6.45) is 32.5. The lowest BCUT2D eigenvalue weighted by Crippen LogP contribution is -2.28. The second kappa shape index (κ2) is 27.4. The molecule has 0 spiro atoms. The fourth-order valence-electron chi connectivity index (χ4n) is 3.86. The van der Waals surface area contributed by atoms with Crippen LogP contribution in [-0.4, -0.2) is 35.6 Å². The largest absolute Gasteiger partial charge is 0.480 e. The standard InChI is InChI=1S/C32H53NO5/c1-3-5-7-8-9-10-11-12-13-14-15-16-17-18-23-27-32(37)38-29(24-20-6-4-2)25-21-19-22-26-30(34)33-28-31(35)36/h5,7,9-10,12-13,15-16,29H,3-4,6,8,11,14,17-28H2,1-2H3,(H,33,34)(H,35,36)/b7-5-,10-9-,13-12-,16-15-. The third-order valence-corrected chi connectivity index (χ3v) is 6.02. The highest BCUT2D eigenvalue weighted by atomic mass is 16.5. The number of esters is 1. The number of carbonyl (C=O) groups is 3. The van der Waals surface area contributed by atoms with E-state index in [-0.39, 0.29) is 24.5 Å². The minimum atomic E-state index is -1.04. The molecule has 1 atom stereocenters. The summed E-state index contributed by atoms with van der Waals surface area (Å²) in [7, 11) is 0. The van der Waals surface area contributed by atoms with Gasteiger partial charge in [0.15, 0.2) is 0 Å². The lowest BCUT2D eigenvalue weighted by atomic mass is 10.0. The Morgan fingerprint density at radius 2 is 1.29 bits per heavy atom. The molecule has 0 aromatic rings. The van der Waals surface area contributed by atoms with Crippen LogP contribution in [-0.2, 0) is 19.1 Å². The summed E-state index contributed by atoms with van der Waals surface area (Å²) < 4.78 is 5.79. The molecule has 1 amide bonds. The number of unbranched alkanes of at least 4 members (excludes halogenated alkanes) is 6. The summed E-state index contributed by atoms with van der Waals surface area (Å²) in [4.78, 5) is 34.4. The summed E-state index contributed by atoms with van der Waals surface area (Å²) in [5, 5.41) is 11.0. The number of carbonyl (C=O) groups excluding carboxylic acids is 2. The first-order chi connectivity index (χ1) is 18.5. The topological polar surface area (TPSA) is 92.7 Å². The molecule has 1 unspecified atom stereocenters. The van der Waals surface area contributed by atoms with Crippen LogP contribution in [0.1, 0.15) is 123 Å². The number of carboxylic acid groups (broad SMARTS) is 1. The first kappa shape index (κ1) is 35.4. The highest BCUT2D eigenvalue weighted by Gasteiger charge is 2.14. The van der Waals surface area contributed by atoms with Crippen molar-refractivity contribution in [3.63, 3.8) is 0 Å². The van der Waals surface area contributed by atoms with E-state index in [1.54, 1.807) is 0 Å². The molecule has 0 aliphatic heterocycles. The molecule has 2 N–H and O–H groups in total. The van der Waals surface area contributed by atoms with Gasteiger partial charge >= 0.3 is 11.9 Å². The maximum Gasteiger partial charge on any atom is 0.322 e. The number of aliphatic carboxylic acids is 1. The molecule has 6 nitrogen and oxygen atoms in total. The average molecular weight is 532 g/mol. The SMILES string of the molecule is CC/C=C\C/C=C\C/C=C\C/C=C\CCCCC(=O)OC(CCCCC)CCCCCC(=O)NCC(=O)O. The zero-order chi connectivity index (χ0) is 28.1. The molecule has 0 radical (unpaired) electrons. The predicted molar refractivity (Wildman–Crippen MR) is 157 cm³/mol. The maximum absolute atomic E-state index is 12.4. The first-order valence-electron chi connectivity index (χ1n) is 14.8. The molecule has 0 saturated carbocycles. The third kappa shape index (κ3) is 26.4. The highest BCUT2D eigenvalue weighted by Crippen LogP contribution is 2.16. The monoisotopic (exact) mass is 531 g/mol. The Labute approximate surface area is 231 Å². The molecule has 0 rings (SSSR count). The molecular weight excluding hydrogens is 478 g/mol. The normalized spacial score (nSPS) is 12.7. The number of nitrogens with one attached hydrogen (secondary N) is 1. The second-order valence-electron chi connectivity index (χ2n) is 9.62. The average Bonchev–Trinajstić information content (AvgIpc) is 2.89. The second-order valence-corrected chi connectivity index (χ2v) is 9.62. The molecule has 216 valence electrons. The lowest BCUT2D eigenvalue weighted by Gasteiger charge is -2.18. The van der Waals surface area contributed by atoms with Crippen molar-refractivity contribution >= 4 is 17.8 Å². The van der Waals surface area contributed by atoms with Gasteiger partial charge in [-0.05, 0) is 77.0 Å². The van der Waals surface area contributed by atoms with Crippen molar-refractivity contribution in [2.45, 2.75) is 129 Å². The van der Waals surface area contributed by atoms with E-state index in [2.05, 4.69) is 67.8 Å². The fraction of sp³-hybridized carbons (Fsp3) is 0.656. The van der Waals surface area contributed by atoms with Gasteiger partial charge in [0.05, 0.1) is 0 Å². The third-order valence-electron chi connectivity index (χ3n) is 6.02. The van der Waals surface area contributed by atoms with Crippen molar-refractivity contribution in [2.24, 2.45) is 0 Å². The molecular formula is C32H53NO5. The number of hydrogen-bond acceptors (Lipinski definition) is 4. The molecule has 0 saturated heterocycles. The van der Waals surface area contributed by atoms with Gasteiger partial charge in [0.25, 0.3) is 0 Å². The number of rotatable bonds is 25. The van der Waals surface area contributed by atoms with Crippen LogP contribution in [0.4, 0.5) is 0 Å². The predicted octanol–water partition coefficient (Wildman–Crippen LogP) is 8.00. The molecule has 38 heavy (non-hydrogen) atoms. The van der Waals surface area contributed by atoms with Crippen LogP contribution >= 0.6 is 0 Å². The van der Waals surface area contributed by atoms with Crippen LogP contribution in [0.5, 0.6) is 0 Å². The highest BCUT2D eigenvalue weighted by molar-refractivity contribution is 5.80. The smallest absolute Gasteiger partial charge is 0.322 e. The van der Waals surface area contributed by atoms with Gasteiger partial charge in [-0.2, -0.15) is 0 Å². The van der Waals surface area contributed by atoms with Gasteiger partial charge < -0.3 is 15.2 Å². The first-order valence-corrected chi connectivity index (χ1v) is 14.8. The quantitative estimate of drug-likeness (QED) is 0.0707. The molecule has 0 aromatic carbocycles. The van der Waals surface area contributed by atoms with Crippen LogP contribution in [0, 0.1) is 0 Å². The summed E-state index contributed by atoms with van der Waals surface area (Å²) in [6, 6.07) is 0. The zero-order valence-corrected chi connectivity index (χ0v) is 24.0. The van der Waals surface area contributed by atoms with Crippen molar-refractivity contribution in [3.8, 4) is 0 Å². The molecule has 6 heteroatoms. The van der Waals surface area contributed by atoms with E-state index in [1.165, 1.54) is 0 Å². The Bertz CT molecular complexity index is 723. The number of ether oxygens (including phenoxy) is 1. The van der Waals surface area contributed by atoms with Crippen LogP contribution in [0.3, 0.4) is 0 Å². The molecule has 0 aromatic heterocycles. The minimum Gasteiger partial charge on any atom is -0.480 e. The van der Waals surface area contributed by atoms with Crippen molar-refractivity contribution < 1.29 is 24.2 Å². The lowest BCUT2D eigenvalue weighted by molar-refractivity contribution is -0.150. The summed E-state index contributed by atoms with van der Waals surface area (Å²) in [6.45, 7) is 3.97. The number of carboxylic acids is 1. The Kier molecular flexibility index (Phi) is 25.5. The van der Waals surface area contributed by atoms with E-state index in [1.807, 2.05) is 0 Å². The Hall–Kier alpha value is -2.63. The number of hydrogen-bond donors (Lipinski definition) is 2. The molecule has 0 aliphatic rings. The van der Waals surface area contributed by atoms with Gasteiger partial charge in [0.2, 0.25) is 5.91 Å². The van der Waals surface area contributed by atoms with Gasteiger partial charge in [-0.1, -0.05) is 81.7 Å². The van der Waals surface area contributed by atoms with Crippen molar-refractivity contribution in [2.75, 3.05) is 6.54 Å². The van der Waals surface area contributed by atoms with E-state index in [0.29, 0.717) is 19.3 Å². The molecule has 0 bridgehead atoms. The van der Waals surface area contributed by atoms with E-state index in [4.69, 9.17) is 9.84 Å². The van der Waals surface area contributed by atoms with Crippen LogP contribution in [0.25, 0.3) is 0 Å². The van der Waals surface area contributed by atoms with E-state index < -0.39 is 5.97 Å². The van der Waals surface area contributed by atoms with E-state index in [9.17, 15) is 14.4 Å². The summed E-state index contributed by atoms with van der Waals surface area (Å²) in [5.41, 5.74) is 0. The Morgan fingerprint density at radius 3 is 1.89 bits per heavy atom. The van der Waals surface area contributed by atoms with Gasteiger partial charge in [-0.15, -0.1) is 0 Å². The summed E-state index contributed by atoms with van der Waals surface area (Å²) in [5.74, 6) is -1.38. The van der Waals surface area contributed by atoms with Crippen LogP contribution in [0.15, 0.2) is 48.6 Å². The minimum absolute atomic E-state index is 0.0516. The van der Waals surface area contributed by atoms with Gasteiger partial charge in [-0.25, -0.2) is 0 Å². The van der Waals surface area contributed by atoms with E-state index in [0.717, 1.165) is 89.9 Å².